The van der Waals surface area contributed by atoms with Crippen LogP contribution in [0.25, 0.3) is 11.1 Å². The smallest absolute Gasteiger partial charge is 0.309 e. The Bertz CT molecular complexity index is 618. The van der Waals surface area contributed by atoms with Gasteiger partial charge in [0.1, 0.15) is 0 Å². The predicted molar refractivity (Wildman–Crippen MR) is 83.8 cm³/mol. The molecular formula is C18H20F3N. The molecule has 0 aliphatic rings. The van der Waals surface area contributed by atoms with Crippen LogP contribution in [-0.2, 0) is 12.6 Å². The van der Waals surface area contributed by atoms with Crippen LogP contribution >= 0.6 is 0 Å². The molecule has 0 saturated carbocycles. The first-order valence-corrected chi connectivity index (χ1v) is 7.27. The van der Waals surface area contributed by atoms with Gasteiger partial charge in [0.15, 0.2) is 0 Å². The Kier molecular flexibility index (Phi) is 5.24. The maximum atomic E-state index is 12.8. The number of alkyl halides is 3. The summed E-state index contributed by atoms with van der Waals surface area (Å²) in [5.41, 5.74) is 1.97. The first-order chi connectivity index (χ1) is 10.4. The van der Waals surface area contributed by atoms with Crippen molar-refractivity contribution in [2.75, 3.05) is 20.6 Å². The summed E-state index contributed by atoms with van der Waals surface area (Å²) in [4.78, 5) is 2.12. The Balaban J connectivity index is 2.19. The number of aryl methyl sites for hydroxylation is 1. The minimum absolute atomic E-state index is 0.601. The lowest BCUT2D eigenvalue weighted by molar-refractivity contribution is -0.137. The Labute approximate surface area is 129 Å². The Morgan fingerprint density at radius 3 is 2.18 bits per heavy atom. The molecular weight excluding hydrogens is 287 g/mol. The van der Waals surface area contributed by atoms with Gasteiger partial charge in [-0.2, -0.15) is 13.2 Å². The van der Waals surface area contributed by atoms with Crippen molar-refractivity contribution < 1.29 is 13.2 Å². The van der Waals surface area contributed by atoms with Crippen LogP contribution < -0.4 is 0 Å². The third-order valence-electron chi connectivity index (χ3n) is 3.52. The van der Waals surface area contributed by atoms with E-state index in [0.717, 1.165) is 36.6 Å². The number of halogens is 3. The van der Waals surface area contributed by atoms with Crippen molar-refractivity contribution in [3.8, 4) is 11.1 Å². The van der Waals surface area contributed by atoms with Gasteiger partial charge in [-0.05, 0) is 62.3 Å². The van der Waals surface area contributed by atoms with Gasteiger partial charge in [-0.15, -0.1) is 0 Å². The molecule has 2 aromatic rings. The average Bonchev–Trinajstić information content (AvgIpc) is 2.46. The van der Waals surface area contributed by atoms with Crippen molar-refractivity contribution in [3.05, 3.63) is 59.7 Å². The van der Waals surface area contributed by atoms with E-state index in [1.807, 2.05) is 38.4 Å². The van der Waals surface area contributed by atoms with Gasteiger partial charge >= 0.3 is 6.18 Å². The van der Waals surface area contributed by atoms with Gasteiger partial charge in [0.2, 0.25) is 0 Å². The monoisotopic (exact) mass is 307 g/mol. The minimum Gasteiger partial charge on any atom is -0.309 e. The molecule has 0 amide bonds. The van der Waals surface area contributed by atoms with E-state index in [-0.39, 0.29) is 0 Å². The lowest BCUT2D eigenvalue weighted by Crippen LogP contribution is -2.13. The molecule has 0 atom stereocenters. The van der Waals surface area contributed by atoms with Crippen LogP contribution in [-0.4, -0.2) is 25.5 Å². The number of benzene rings is 2. The molecule has 0 aromatic heterocycles. The van der Waals surface area contributed by atoms with Gasteiger partial charge in [0.25, 0.3) is 0 Å². The second kappa shape index (κ2) is 6.97. The molecule has 0 heterocycles. The highest BCUT2D eigenvalue weighted by molar-refractivity contribution is 5.65. The second-order valence-corrected chi connectivity index (χ2v) is 5.69. The van der Waals surface area contributed by atoms with Crippen LogP contribution in [0.2, 0.25) is 0 Å². The van der Waals surface area contributed by atoms with Crippen LogP contribution in [0.4, 0.5) is 13.2 Å². The minimum atomic E-state index is -4.31. The third kappa shape index (κ3) is 4.60. The van der Waals surface area contributed by atoms with Gasteiger partial charge in [-0.1, -0.05) is 36.4 Å². The fourth-order valence-corrected chi connectivity index (χ4v) is 2.38. The summed E-state index contributed by atoms with van der Waals surface area (Å²) in [6, 6.07) is 13.2. The van der Waals surface area contributed by atoms with Crippen molar-refractivity contribution >= 4 is 0 Å². The third-order valence-corrected chi connectivity index (χ3v) is 3.52. The molecule has 0 saturated heterocycles. The van der Waals surface area contributed by atoms with Crippen LogP contribution in [0.3, 0.4) is 0 Å². The zero-order valence-corrected chi connectivity index (χ0v) is 12.8. The highest BCUT2D eigenvalue weighted by atomic mass is 19.4. The number of hydrogen-bond acceptors (Lipinski definition) is 1. The van der Waals surface area contributed by atoms with Crippen LogP contribution in [0.5, 0.6) is 0 Å². The molecule has 0 aliphatic heterocycles. The molecule has 0 N–H and O–H groups in total. The molecule has 4 heteroatoms. The van der Waals surface area contributed by atoms with E-state index in [1.54, 1.807) is 6.07 Å². The SMILES string of the molecule is CN(C)CCCc1cccc(-c2cccc(C(F)(F)F)c2)c1. The van der Waals surface area contributed by atoms with E-state index in [9.17, 15) is 13.2 Å². The normalized spacial score (nSPS) is 11.9. The quantitative estimate of drug-likeness (QED) is 0.762. The topological polar surface area (TPSA) is 3.24 Å². The van der Waals surface area contributed by atoms with Crippen molar-refractivity contribution in [3.63, 3.8) is 0 Å². The summed E-state index contributed by atoms with van der Waals surface area (Å²) in [5, 5.41) is 0. The zero-order chi connectivity index (χ0) is 16.2. The highest BCUT2D eigenvalue weighted by Gasteiger charge is 2.30. The van der Waals surface area contributed by atoms with E-state index >= 15 is 0 Å². The van der Waals surface area contributed by atoms with Gasteiger partial charge in [-0.3, -0.25) is 0 Å². The lowest BCUT2D eigenvalue weighted by atomic mass is 9.99. The molecule has 2 aromatic carbocycles. The maximum absolute atomic E-state index is 12.8. The molecule has 2 rings (SSSR count). The molecule has 1 nitrogen and oxygen atoms in total. The molecule has 118 valence electrons. The van der Waals surface area contributed by atoms with E-state index < -0.39 is 11.7 Å². The van der Waals surface area contributed by atoms with Crippen molar-refractivity contribution in [2.45, 2.75) is 19.0 Å². The zero-order valence-electron chi connectivity index (χ0n) is 12.8. The van der Waals surface area contributed by atoms with E-state index in [4.69, 9.17) is 0 Å². The van der Waals surface area contributed by atoms with Crippen LogP contribution in [0, 0.1) is 0 Å². The molecule has 0 aliphatic carbocycles. The number of rotatable bonds is 5. The Hall–Kier alpha value is -1.81. The lowest BCUT2D eigenvalue weighted by Gasteiger charge is -2.11. The van der Waals surface area contributed by atoms with Crippen molar-refractivity contribution in [1.82, 2.24) is 4.90 Å². The molecule has 22 heavy (non-hydrogen) atoms. The van der Waals surface area contributed by atoms with Crippen LogP contribution in [0.1, 0.15) is 17.5 Å². The van der Waals surface area contributed by atoms with E-state index in [2.05, 4.69) is 4.90 Å². The first kappa shape index (κ1) is 16.6. The van der Waals surface area contributed by atoms with Crippen molar-refractivity contribution in [1.29, 1.82) is 0 Å². The van der Waals surface area contributed by atoms with Gasteiger partial charge in [-0.25, -0.2) is 0 Å². The molecule has 0 spiro atoms. The number of nitrogens with zero attached hydrogens (tertiary/aromatic N) is 1. The van der Waals surface area contributed by atoms with E-state index in [0.29, 0.717) is 5.56 Å². The van der Waals surface area contributed by atoms with Gasteiger partial charge in [0, 0.05) is 0 Å². The predicted octanol–water partition coefficient (Wildman–Crippen LogP) is 4.87. The average molecular weight is 307 g/mol. The van der Waals surface area contributed by atoms with Gasteiger partial charge < -0.3 is 4.90 Å². The van der Waals surface area contributed by atoms with E-state index in [1.165, 1.54) is 12.1 Å². The fraction of sp³-hybridized carbons (Fsp3) is 0.333. The standard InChI is InChI=1S/C18H20F3N/c1-22(2)11-5-7-14-6-3-8-15(12-14)16-9-4-10-17(13-16)18(19,20)21/h3-4,6,8-10,12-13H,5,7,11H2,1-2H3. The molecule has 0 radical (unpaired) electrons. The molecule has 0 bridgehead atoms. The summed E-state index contributed by atoms with van der Waals surface area (Å²) in [7, 11) is 4.05. The second-order valence-electron chi connectivity index (χ2n) is 5.69. The maximum Gasteiger partial charge on any atom is 0.416 e. The van der Waals surface area contributed by atoms with Gasteiger partial charge in [0.05, 0.1) is 5.56 Å². The highest BCUT2D eigenvalue weighted by Crippen LogP contribution is 2.32. The summed E-state index contributed by atoms with van der Waals surface area (Å²) in [6.45, 7) is 0.994. The largest absolute Gasteiger partial charge is 0.416 e. The Morgan fingerprint density at radius 1 is 0.909 bits per heavy atom. The fourth-order valence-electron chi connectivity index (χ4n) is 2.38. The first-order valence-electron chi connectivity index (χ1n) is 7.27. The van der Waals surface area contributed by atoms with Crippen LogP contribution in [0.15, 0.2) is 48.5 Å². The summed E-state index contributed by atoms with van der Waals surface area (Å²) >= 11 is 0. The molecule has 0 fully saturated rings. The summed E-state index contributed by atoms with van der Waals surface area (Å²) < 4.78 is 38.4. The Morgan fingerprint density at radius 2 is 1.55 bits per heavy atom. The molecule has 0 unspecified atom stereocenters. The number of hydrogen-bond donors (Lipinski definition) is 0. The van der Waals surface area contributed by atoms with Crippen molar-refractivity contribution in [2.24, 2.45) is 0 Å². The summed E-state index contributed by atoms with van der Waals surface area (Å²) in [5.74, 6) is 0. The summed E-state index contributed by atoms with van der Waals surface area (Å²) in [6.07, 6.45) is -2.36.